The molecule has 0 bridgehead atoms. The van der Waals surface area contributed by atoms with E-state index in [-0.39, 0.29) is 12.1 Å². The van der Waals surface area contributed by atoms with Gasteiger partial charge in [0.15, 0.2) is 0 Å². The van der Waals surface area contributed by atoms with Crippen molar-refractivity contribution in [2.75, 3.05) is 0 Å². The summed E-state index contributed by atoms with van der Waals surface area (Å²) in [5.74, 6) is -1.20. The summed E-state index contributed by atoms with van der Waals surface area (Å²) in [4.78, 5) is 23.7. The molecule has 2 aromatic heterocycles. The SMILES string of the molecule is Cc1cc(C)n(Cc2c(Br)c(C)nn2C)c(=O)c1C(=O)O. The molecular formula is C14H16BrN3O3. The van der Waals surface area contributed by atoms with Crippen molar-refractivity contribution < 1.29 is 9.90 Å². The fourth-order valence-corrected chi connectivity index (χ4v) is 2.85. The highest BCUT2D eigenvalue weighted by Crippen LogP contribution is 2.21. The van der Waals surface area contributed by atoms with E-state index in [9.17, 15) is 14.7 Å². The highest BCUT2D eigenvalue weighted by Gasteiger charge is 2.19. The predicted octanol–water partition coefficient (Wildman–Crippen LogP) is 2.02. The highest BCUT2D eigenvalue weighted by molar-refractivity contribution is 9.10. The summed E-state index contributed by atoms with van der Waals surface area (Å²) in [7, 11) is 1.79. The van der Waals surface area contributed by atoms with Crippen LogP contribution in [0.5, 0.6) is 0 Å². The van der Waals surface area contributed by atoms with Crippen molar-refractivity contribution in [2.24, 2.45) is 7.05 Å². The van der Waals surface area contributed by atoms with E-state index in [1.165, 1.54) is 4.57 Å². The normalized spacial score (nSPS) is 10.9. The number of aromatic nitrogens is 3. The Hall–Kier alpha value is -1.89. The molecule has 0 atom stereocenters. The van der Waals surface area contributed by atoms with Crippen LogP contribution in [0.3, 0.4) is 0 Å². The number of carbonyl (C=O) groups is 1. The molecule has 0 unspecified atom stereocenters. The second kappa shape index (κ2) is 5.48. The maximum atomic E-state index is 12.4. The lowest BCUT2D eigenvalue weighted by Gasteiger charge is -2.13. The van der Waals surface area contributed by atoms with E-state index in [1.807, 2.05) is 6.92 Å². The van der Waals surface area contributed by atoms with Crippen LogP contribution >= 0.6 is 15.9 Å². The van der Waals surface area contributed by atoms with Crippen LogP contribution in [0.2, 0.25) is 0 Å². The molecule has 1 N–H and O–H groups in total. The number of aromatic carboxylic acids is 1. The van der Waals surface area contributed by atoms with E-state index in [4.69, 9.17) is 0 Å². The van der Waals surface area contributed by atoms with Crippen molar-refractivity contribution in [2.45, 2.75) is 27.3 Å². The quantitative estimate of drug-likeness (QED) is 0.915. The number of hydrogen-bond acceptors (Lipinski definition) is 3. The number of rotatable bonds is 3. The number of hydrogen-bond donors (Lipinski definition) is 1. The number of carboxylic acids is 1. The van der Waals surface area contributed by atoms with Gasteiger partial charge in [-0.1, -0.05) is 0 Å². The zero-order valence-electron chi connectivity index (χ0n) is 12.3. The predicted molar refractivity (Wildman–Crippen MR) is 81.9 cm³/mol. The van der Waals surface area contributed by atoms with Gasteiger partial charge in [-0.05, 0) is 48.3 Å². The van der Waals surface area contributed by atoms with Crippen LogP contribution < -0.4 is 5.56 Å². The molecule has 0 aromatic carbocycles. The molecule has 0 fully saturated rings. The van der Waals surface area contributed by atoms with Crippen LogP contribution in [0.25, 0.3) is 0 Å². The zero-order valence-corrected chi connectivity index (χ0v) is 13.9. The molecule has 6 nitrogen and oxygen atoms in total. The van der Waals surface area contributed by atoms with Crippen LogP contribution in [0.4, 0.5) is 0 Å². The number of aryl methyl sites for hydroxylation is 4. The first-order chi connectivity index (χ1) is 9.73. The molecule has 0 saturated carbocycles. The van der Waals surface area contributed by atoms with E-state index in [0.29, 0.717) is 11.3 Å². The Balaban J connectivity index is 2.63. The third-order valence-electron chi connectivity index (χ3n) is 3.49. The first kappa shape index (κ1) is 15.5. The monoisotopic (exact) mass is 353 g/mol. The van der Waals surface area contributed by atoms with Gasteiger partial charge in [0, 0.05) is 12.7 Å². The third kappa shape index (κ3) is 2.65. The molecular weight excluding hydrogens is 338 g/mol. The molecule has 0 aliphatic heterocycles. The minimum Gasteiger partial charge on any atom is -0.477 e. The zero-order chi connectivity index (χ0) is 15.9. The summed E-state index contributed by atoms with van der Waals surface area (Å²) in [6.07, 6.45) is 0. The van der Waals surface area contributed by atoms with Crippen molar-refractivity contribution in [1.82, 2.24) is 14.3 Å². The maximum absolute atomic E-state index is 12.4. The van der Waals surface area contributed by atoms with Crippen LogP contribution in [0.1, 0.15) is 33.0 Å². The Kier molecular flexibility index (Phi) is 4.04. The van der Waals surface area contributed by atoms with Crippen LogP contribution in [0, 0.1) is 20.8 Å². The molecule has 2 rings (SSSR count). The Morgan fingerprint density at radius 2 is 2.00 bits per heavy atom. The fraction of sp³-hybridized carbons (Fsp3) is 0.357. The molecule has 0 saturated heterocycles. The second-order valence-electron chi connectivity index (χ2n) is 5.01. The van der Waals surface area contributed by atoms with E-state index in [1.54, 1.807) is 31.6 Å². The molecule has 0 radical (unpaired) electrons. The van der Waals surface area contributed by atoms with Gasteiger partial charge < -0.3 is 9.67 Å². The lowest BCUT2D eigenvalue weighted by atomic mass is 10.1. The van der Waals surface area contributed by atoms with Crippen LogP contribution in [0.15, 0.2) is 15.3 Å². The van der Waals surface area contributed by atoms with Crippen LogP contribution in [-0.2, 0) is 13.6 Å². The largest absolute Gasteiger partial charge is 0.477 e. The molecule has 2 aromatic rings. The summed E-state index contributed by atoms with van der Waals surface area (Å²) in [6, 6.07) is 1.71. The summed E-state index contributed by atoms with van der Waals surface area (Å²) in [5, 5.41) is 13.5. The summed E-state index contributed by atoms with van der Waals surface area (Å²) in [5.41, 5.74) is 2.15. The van der Waals surface area contributed by atoms with Crippen molar-refractivity contribution >= 4 is 21.9 Å². The first-order valence-corrected chi connectivity index (χ1v) is 7.15. The van der Waals surface area contributed by atoms with Crippen LogP contribution in [-0.4, -0.2) is 25.4 Å². The van der Waals surface area contributed by atoms with Gasteiger partial charge in [-0.2, -0.15) is 5.10 Å². The first-order valence-electron chi connectivity index (χ1n) is 6.36. The molecule has 112 valence electrons. The molecule has 0 aliphatic rings. The molecule has 0 spiro atoms. The second-order valence-corrected chi connectivity index (χ2v) is 5.80. The van der Waals surface area contributed by atoms with Gasteiger partial charge in [0.2, 0.25) is 0 Å². The van der Waals surface area contributed by atoms with E-state index in [2.05, 4.69) is 21.0 Å². The van der Waals surface area contributed by atoms with Gasteiger partial charge in [0.05, 0.1) is 22.4 Å². The molecule has 0 aliphatic carbocycles. The van der Waals surface area contributed by atoms with E-state index < -0.39 is 11.5 Å². The lowest BCUT2D eigenvalue weighted by Crippen LogP contribution is -2.30. The topological polar surface area (TPSA) is 77.1 Å². The summed E-state index contributed by atoms with van der Waals surface area (Å²) >= 11 is 3.45. The van der Waals surface area contributed by atoms with Gasteiger partial charge in [0.25, 0.3) is 5.56 Å². The van der Waals surface area contributed by atoms with Crippen molar-refractivity contribution in [3.05, 3.63) is 49.1 Å². The number of nitrogens with zero attached hydrogens (tertiary/aromatic N) is 3. The van der Waals surface area contributed by atoms with Gasteiger partial charge in [-0.3, -0.25) is 9.48 Å². The van der Waals surface area contributed by atoms with Crippen molar-refractivity contribution in [1.29, 1.82) is 0 Å². The number of halogens is 1. The van der Waals surface area contributed by atoms with Gasteiger partial charge in [-0.15, -0.1) is 0 Å². The Morgan fingerprint density at radius 1 is 1.38 bits per heavy atom. The van der Waals surface area contributed by atoms with E-state index in [0.717, 1.165) is 15.9 Å². The van der Waals surface area contributed by atoms with Gasteiger partial charge in [0.1, 0.15) is 5.56 Å². The summed E-state index contributed by atoms with van der Waals surface area (Å²) < 4.78 is 3.97. The highest BCUT2D eigenvalue weighted by atomic mass is 79.9. The molecule has 2 heterocycles. The third-order valence-corrected chi connectivity index (χ3v) is 4.52. The number of carboxylic acid groups (broad SMARTS) is 1. The van der Waals surface area contributed by atoms with Gasteiger partial charge >= 0.3 is 5.97 Å². The number of pyridine rings is 1. The standard InChI is InChI=1S/C14H16BrN3O3/c1-7-5-8(2)18(13(19)11(7)14(20)21)6-10-12(15)9(3)16-17(10)4/h5H,6H2,1-4H3,(H,20,21). The lowest BCUT2D eigenvalue weighted by molar-refractivity contribution is 0.0693. The maximum Gasteiger partial charge on any atom is 0.341 e. The average molecular weight is 354 g/mol. The van der Waals surface area contributed by atoms with Crippen molar-refractivity contribution in [3.63, 3.8) is 0 Å². The fourth-order valence-electron chi connectivity index (χ4n) is 2.39. The summed E-state index contributed by atoms with van der Waals surface area (Å²) in [6.45, 7) is 5.55. The smallest absolute Gasteiger partial charge is 0.341 e. The van der Waals surface area contributed by atoms with Gasteiger partial charge in [-0.25, -0.2) is 4.79 Å². The van der Waals surface area contributed by atoms with Crippen molar-refractivity contribution in [3.8, 4) is 0 Å². The molecule has 21 heavy (non-hydrogen) atoms. The average Bonchev–Trinajstić information content (AvgIpc) is 2.59. The minimum absolute atomic E-state index is 0.185. The Morgan fingerprint density at radius 3 is 2.48 bits per heavy atom. The van der Waals surface area contributed by atoms with E-state index >= 15 is 0 Å². The minimum atomic E-state index is -1.20. The molecule has 0 amide bonds. The Bertz CT molecular complexity index is 790. The molecule has 7 heteroatoms. The Labute approximate surface area is 130 Å².